The van der Waals surface area contributed by atoms with E-state index in [2.05, 4.69) is 30.3 Å². The summed E-state index contributed by atoms with van der Waals surface area (Å²) in [5, 5.41) is 3.25. The van der Waals surface area contributed by atoms with Gasteiger partial charge in [0.05, 0.1) is 40.5 Å². The number of H-pyrrole nitrogens is 1. The zero-order valence-electron chi connectivity index (χ0n) is 20.0. The number of benzene rings is 1. The normalized spacial score (nSPS) is 11.9. The number of halogens is 1. The van der Waals surface area contributed by atoms with Gasteiger partial charge in [-0.2, -0.15) is 0 Å². The van der Waals surface area contributed by atoms with Gasteiger partial charge in [-0.25, -0.2) is 15.0 Å². The van der Waals surface area contributed by atoms with Crippen LogP contribution in [0, 0.1) is 6.92 Å². The number of amides is 1. The summed E-state index contributed by atoms with van der Waals surface area (Å²) >= 11 is 6.42. The van der Waals surface area contributed by atoms with E-state index >= 15 is 0 Å². The molecule has 0 saturated carbocycles. The van der Waals surface area contributed by atoms with Crippen LogP contribution < -0.4 is 15.8 Å². The third-order valence-electron chi connectivity index (χ3n) is 5.21. The van der Waals surface area contributed by atoms with Crippen LogP contribution >= 0.6 is 11.6 Å². The average Bonchev–Trinajstić information content (AvgIpc) is 3.54. The number of imidazole rings is 1. The number of aromatic amines is 1. The summed E-state index contributed by atoms with van der Waals surface area (Å²) in [5.41, 5.74) is 8.88. The van der Waals surface area contributed by atoms with Gasteiger partial charge < -0.3 is 25.3 Å². The molecule has 3 aromatic heterocycles. The number of hydrogen-bond acceptors (Lipinski definition) is 5. The Labute approximate surface area is 218 Å². The molecule has 0 unspecified atom stereocenters. The van der Waals surface area contributed by atoms with Crippen LogP contribution in [0.3, 0.4) is 0 Å². The first-order valence-electron chi connectivity index (χ1n) is 11.3. The number of carbonyl (C=O) groups excluding carboxylic acids is 1. The lowest BCUT2D eigenvalue weighted by Gasteiger charge is -2.08. The zero-order valence-corrected chi connectivity index (χ0v) is 20.8. The summed E-state index contributed by atoms with van der Waals surface area (Å²) in [4.78, 5) is 32.5. The molecule has 1 aromatic carbocycles. The Kier molecular flexibility index (Phi) is 8.45. The van der Waals surface area contributed by atoms with Crippen LogP contribution in [-0.2, 0) is 17.9 Å². The van der Waals surface area contributed by atoms with Crippen molar-refractivity contribution < 1.29 is 9.53 Å². The van der Waals surface area contributed by atoms with Crippen LogP contribution in [0.1, 0.15) is 17.0 Å². The molecule has 0 fully saturated rings. The van der Waals surface area contributed by atoms with Crippen molar-refractivity contribution in [1.82, 2.24) is 19.5 Å². The number of ether oxygens (including phenoxy) is 1. The molecule has 0 aliphatic heterocycles. The Balaban J connectivity index is 1.46. The van der Waals surface area contributed by atoms with Crippen LogP contribution in [0.4, 0.5) is 11.4 Å². The number of aliphatic imine (C=N–C) groups is 2. The fourth-order valence-electron chi connectivity index (χ4n) is 3.36. The molecule has 10 nitrogen and oxygen atoms in total. The molecule has 0 aliphatic rings. The maximum absolute atomic E-state index is 12.4. The van der Waals surface area contributed by atoms with E-state index in [0.29, 0.717) is 46.8 Å². The monoisotopic (exact) mass is 516 g/mol. The third kappa shape index (κ3) is 6.92. The molecule has 4 N–H and O–H groups in total. The summed E-state index contributed by atoms with van der Waals surface area (Å²) in [7, 11) is 0. The summed E-state index contributed by atoms with van der Waals surface area (Å²) in [5.74, 6) is 0.578. The molecule has 0 spiro atoms. The van der Waals surface area contributed by atoms with Crippen molar-refractivity contribution in [3.63, 3.8) is 0 Å². The highest BCUT2D eigenvalue weighted by atomic mass is 35.5. The second kappa shape index (κ2) is 12.3. The number of allylic oxidation sites excluding steroid dienone is 1. The molecule has 1 amide bonds. The second-order valence-corrected chi connectivity index (χ2v) is 8.20. The number of rotatable bonds is 9. The van der Waals surface area contributed by atoms with E-state index in [1.165, 1.54) is 6.08 Å². The van der Waals surface area contributed by atoms with Crippen molar-refractivity contribution >= 4 is 41.1 Å². The van der Waals surface area contributed by atoms with E-state index in [1.54, 1.807) is 49.2 Å². The molecule has 0 saturated heterocycles. The molecule has 11 heteroatoms. The minimum Gasteiger partial charge on any atom is -0.486 e. The van der Waals surface area contributed by atoms with E-state index in [4.69, 9.17) is 22.1 Å². The van der Waals surface area contributed by atoms with Crippen molar-refractivity contribution in [3.05, 3.63) is 102 Å². The fraction of sp³-hybridized carbons (Fsp3) is 0.115. The molecule has 0 radical (unpaired) electrons. The van der Waals surface area contributed by atoms with Crippen molar-refractivity contribution in [3.8, 4) is 5.75 Å². The Morgan fingerprint density at radius 1 is 1.30 bits per heavy atom. The topological polar surface area (TPSA) is 136 Å². The SMILES string of the molecule is Cc1c(NC(=O)/C=C/Cn2ccnc2)c[nH]c1C(N=CN)=Nc1ccc(OCc2ccccn2)c(Cl)c1. The van der Waals surface area contributed by atoms with Crippen molar-refractivity contribution in [2.24, 2.45) is 15.7 Å². The van der Waals surface area contributed by atoms with Gasteiger partial charge >= 0.3 is 0 Å². The molecule has 37 heavy (non-hydrogen) atoms. The summed E-state index contributed by atoms with van der Waals surface area (Å²) in [6.45, 7) is 2.68. The first-order chi connectivity index (χ1) is 18.0. The molecule has 0 aliphatic carbocycles. The molecule has 4 rings (SSSR count). The van der Waals surface area contributed by atoms with Gasteiger partial charge in [-0.15, -0.1) is 0 Å². The minimum absolute atomic E-state index is 0.261. The lowest BCUT2D eigenvalue weighted by molar-refractivity contribution is -0.111. The Morgan fingerprint density at radius 3 is 2.92 bits per heavy atom. The van der Waals surface area contributed by atoms with E-state index in [-0.39, 0.29) is 5.91 Å². The number of anilines is 1. The fourth-order valence-corrected chi connectivity index (χ4v) is 3.59. The molecule has 0 bridgehead atoms. The number of hydrogen-bond donors (Lipinski definition) is 3. The van der Waals surface area contributed by atoms with E-state index in [0.717, 1.165) is 17.6 Å². The number of amidine groups is 1. The predicted octanol–water partition coefficient (Wildman–Crippen LogP) is 4.41. The summed E-state index contributed by atoms with van der Waals surface area (Å²) in [6, 6.07) is 10.8. The lowest BCUT2D eigenvalue weighted by atomic mass is 10.2. The highest BCUT2D eigenvalue weighted by molar-refractivity contribution is 6.32. The molecule has 0 atom stereocenters. The van der Waals surface area contributed by atoms with E-state index in [9.17, 15) is 4.79 Å². The van der Waals surface area contributed by atoms with Gasteiger partial charge in [0.1, 0.15) is 12.4 Å². The quantitative estimate of drug-likeness (QED) is 0.172. The summed E-state index contributed by atoms with van der Waals surface area (Å²) < 4.78 is 7.62. The van der Waals surface area contributed by atoms with Crippen molar-refractivity contribution in [2.45, 2.75) is 20.1 Å². The van der Waals surface area contributed by atoms with Crippen molar-refractivity contribution in [2.75, 3.05) is 5.32 Å². The molecular formula is C26H25ClN8O2. The van der Waals surface area contributed by atoms with Gasteiger partial charge in [0.15, 0.2) is 5.84 Å². The largest absolute Gasteiger partial charge is 0.486 e. The molecule has 3 heterocycles. The standard InChI is InChI=1S/C26H25ClN8O2/c1-18-22(34-24(36)6-4-11-35-12-10-29-17-35)14-31-25(18)26(32-16-28)33-19-7-8-23(21(27)13-19)37-15-20-5-2-3-9-30-20/h2-10,12-14,16-17,31H,11,15H2,1H3,(H,34,36)(H2,28,32,33)/b6-4+. The smallest absolute Gasteiger partial charge is 0.248 e. The first kappa shape index (κ1) is 25.4. The minimum atomic E-state index is -0.261. The highest BCUT2D eigenvalue weighted by Crippen LogP contribution is 2.30. The van der Waals surface area contributed by atoms with E-state index in [1.807, 2.05) is 35.9 Å². The van der Waals surface area contributed by atoms with Crippen molar-refractivity contribution in [1.29, 1.82) is 0 Å². The van der Waals surface area contributed by atoms with Crippen LogP contribution in [0.15, 0.2) is 89.6 Å². The maximum atomic E-state index is 12.4. The van der Waals surface area contributed by atoms with Gasteiger partial charge in [-0.3, -0.25) is 9.78 Å². The van der Waals surface area contributed by atoms with Crippen LogP contribution in [0.2, 0.25) is 5.02 Å². The molecular weight excluding hydrogens is 492 g/mol. The Morgan fingerprint density at radius 2 is 2.19 bits per heavy atom. The second-order valence-electron chi connectivity index (χ2n) is 7.79. The molecule has 188 valence electrons. The molecule has 4 aromatic rings. The number of pyridine rings is 1. The number of nitrogens with zero attached hydrogens (tertiary/aromatic N) is 5. The number of carbonyl (C=O) groups is 1. The number of nitrogens with two attached hydrogens (primary N) is 1. The van der Waals surface area contributed by atoms with Gasteiger partial charge in [0.25, 0.3) is 0 Å². The Hall–Kier alpha value is -4.70. The number of aromatic nitrogens is 4. The maximum Gasteiger partial charge on any atom is 0.248 e. The van der Waals surface area contributed by atoms with Gasteiger partial charge in [0, 0.05) is 43.0 Å². The van der Waals surface area contributed by atoms with Gasteiger partial charge in [-0.1, -0.05) is 23.7 Å². The lowest BCUT2D eigenvalue weighted by Crippen LogP contribution is -2.09. The van der Waals surface area contributed by atoms with Crippen LogP contribution in [0.25, 0.3) is 0 Å². The van der Waals surface area contributed by atoms with E-state index < -0.39 is 0 Å². The van der Waals surface area contributed by atoms with Gasteiger partial charge in [-0.05, 0) is 37.3 Å². The zero-order chi connectivity index (χ0) is 26.0. The summed E-state index contributed by atoms with van der Waals surface area (Å²) in [6.07, 6.45) is 12.9. The highest BCUT2D eigenvalue weighted by Gasteiger charge is 2.14. The predicted molar refractivity (Wildman–Crippen MR) is 144 cm³/mol. The average molecular weight is 517 g/mol. The third-order valence-corrected chi connectivity index (χ3v) is 5.51. The Bertz CT molecular complexity index is 1430. The van der Waals surface area contributed by atoms with Gasteiger partial charge in [0.2, 0.25) is 5.91 Å². The first-order valence-corrected chi connectivity index (χ1v) is 11.7. The van der Waals surface area contributed by atoms with Crippen LogP contribution in [0.5, 0.6) is 5.75 Å². The van der Waals surface area contributed by atoms with Crippen LogP contribution in [-0.4, -0.2) is 37.6 Å². The number of nitrogens with one attached hydrogen (secondary N) is 2.